The van der Waals surface area contributed by atoms with E-state index in [1.54, 1.807) is 24.3 Å². The van der Waals surface area contributed by atoms with Crippen molar-refractivity contribution in [1.82, 2.24) is 0 Å². The molecule has 0 fully saturated rings. The van der Waals surface area contributed by atoms with Gasteiger partial charge in [-0.1, -0.05) is 29.8 Å². The Labute approximate surface area is 125 Å². The fourth-order valence-corrected chi connectivity index (χ4v) is 4.19. The molecular formula is C15H19NO4S. The summed E-state index contributed by atoms with van der Waals surface area (Å²) in [6.45, 7) is 0.599. The fourth-order valence-electron chi connectivity index (χ4n) is 2.49. The molecule has 1 aliphatic carbocycles. The number of sulfonamides is 1. The van der Waals surface area contributed by atoms with Gasteiger partial charge < -0.3 is 4.74 Å². The summed E-state index contributed by atoms with van der Waals surface area (Å²) in [5.41, 5.74) is 1.39. The van der Waals surface area contributed by atoms with Crippen molar-refractivity contribution >= 4 is 22.2 Å². The SMILES string of the molecule is O=COCCC1=CCCCC1S(=O)(=O)Nc1ccccc1. The first-order valence-electron chi connectivity index (χ1n) is 6.94. The van der Waals surface area contributed by atoms with Gasteiger partial charge in [0.15, 0.2) is 0 Å². The third-order valence-corrected chi connectivity index (χ3v) is 5.28. The zero-order chi connectivity index (χ0) is 15.1. The molecule has 0 bridgehead atoms. The van der Waals surface area contributed by atoms with Crippen LogP contribution in [0.3, 0.4) is 0 Å². The van der Waals surface area contributed by atoms with Crippen LogP contribution < -0.4 is 4.72 Å². The summed E-state index contributed by atoms with van der Waals surface area (Å²) < 4.78 is 32.4. The molecule has 1 unspecified atom stereocenters. The molecule has 114 valence electrons. The molecule has 1 aliphatic rings. The average molecular weight is 309 g/mol. The van der Waals surface area contributed by atoms with Crippen LogP contribution in [0.4, 0.5) is 5.69 Å². The maximum Gasteiger partial charge on any atom is 0.293 e. The summed E-state index contributed by atoms with van der Waals surface area (Å²) in [5, 5.41) is -0.554. The Morgan fingerprint density at radius 1 is 1.29 bits per heavy atom. The number of nitrogens with one attached hydrogen (secondary N) is 1. The van der Waals surface area contributed by atoms with E-state index in [0.717, 1.165) is 18.4 Å². The molecule has 0 saturated heterocycles. The van der Waals surface area contributed by atoms with Gasteiger partial charge in [-0.2, -0.15) is 0 Å². The highest BCUT2D eigenvalue weighted by Crippen LogP contribution is 2.28. The highest BCUT2D eigenvalue weighted by molar-refractivity contribution is 7.93. The molecular weight excluding hydrogens is 290 g/mol. The van der Waals surface area contributed by atoms with Gasteiger partial charge in [0.25, 0.3) is 6.47 Å². The highest BCUT2D eigenvalue weighted by atomic mass is 32.2. The minimum absolute atomic E-state index is 0.215. The van der Waals surface area contributed by atoms with Crippen molar-refractivity contribution in [3.8, 4) is 0 Å². The lowest BCUT2D eigenvalue weighted by Crippen LogP contribution is -2.31. The van der Waals surface area contributed by atoms with Gasteiger partial charge in [-0.3, -0.25) is 9.52 Å². The first-order valence-corrected chi connectivity index (χ1v) is 8.49. The predicted molar refractivity (Wildman–Crippen MR) is 81.3 cm³/mol. The average Bonchev–Trinajstić information content (AvgIpc) is 2.48. The molecule has 0 aromatic heterocycles. The van der Waals surface area contributed by atoms with E-state index in [4.69, 9.17) is 0 Å². The fraction of sp³-hybridized carbons (Fsp3) is 0.400. The molecule has 1 atom stereocenters. The van der Waals surface area contributed by atoms with Crippen molar-refractivity contribution in [2.45, 2.75) is 30.9 Å². The van der Waals surface area contributed by atoms with Gasteiger partial charge in [0.2, 0.25) is 10.0 Å². The minimum Gasteiger partial charge on any atom is -0.468 e. The van der Waals surface area contributed by atoms with Crippen LogP contribution in [0.5, 0.6) is 0 Å². The van der Waals surface area contributed by atoms with Crippen LogP contribution in [0.2, 0.25) is 0 Å². The molecule has 0 aliphatic heterocycles. The van der Waals surface area contributed by atoms with Gasteiger partial charge in [0, 0.05) is 12.1 Å². The van der Waals surface area contributed by atoms with E-state index in [-0.39, 0.29) is 6.61 Å². The topological polar surface area (TPSA) is 72.5 Å². The lowest BCUT2D eigenvalue weighted by atomic mass is 9.97. The first kappa shape index (κ1) is 15.6. The van der Waals surface area contributed by atoms with E-state index in [2.05, 4.69) is 9.46 Å². The van der Waals surface area contributed by atoms with Crippen molar-refractivity contribution in [1.29, 1.82) is 0 Å². The van der Waals surface area contributed by atoms with Gasteiger partial charge in [0.05, 0.1) is 6.61 Å². The van der Waals surface area contributed by atoms with Gasteiger partial charge in [-0.15, -0.1) is 0 Å². The Morgan fingerprint density at radius 2 is 2.05 bits per heavy atom. The smallest absolute Gasteiger partial charge is 0.293 e. The molecule has 0 radical (unpaired) electrons. The lowest BCUT2D eigenvalue weighted by molar-refractivity contribution is -0.128. The summed E-state index contributed by atoms with van der Waals surface area (Å²) in [6, 6.07) is 8.85. The number of benzene rings is 1. The lowest BCUT2D eigenvalue weighted by Gasteiger charge is -2.24. The van der Waals surface area contributed by atoms with Gasteiger partial charge in [-0.05, 0) is 31.4 Å². The Bertz CT molecular complexity index is 595. The molecule has 0 saturated carbocycles. The standard InChI is InChI=1S/C15H19NO4S/c17-12-20-11-10-13-6-4-5-9-15(13)21(18,19)16-14-7-2-1-3-8-14/h1-3,6-8,12,15-16H,4-5,9-11H2. The molecule has 21 heavy (non-hydrogen) atoms. The molecule has 0 heterocycles. The van der Waals surface area contributed by atoms with Crippen LogP contribution in [-0.4, -0.2) is 26.7 Å². The number of para-hydroxylation sites is 1. The molecule has 1 aromatic carbocycles. The van der Waals surface area contributed by atoms with Crippen molar-refractivity contribution in [3.63, 3.8) is 0 Å². The van der Waals surface area contributed by atoms with E-state index in [1.807, 2.05) is 12.1 Å². The molecule has 1 aromatic rings. The molecule has 2 rings (SSSR count). The summed E-state index contributed by atoms with van der Waals surface area (Å²) in [5.74, 6) is 0. The van der Waals surface area contributed by atoms with Gasteiger partial charge in [-0.25, -0.2) is 8.42 Å². The number of hydrogen-bond donors (Lipinski definition) is 1. The van der Waals surface area contributed by atoms with Crippen LogP contribution in [0.15, 0.2) is 42.0 Å². The predicted octanol–water partition coefficient (Wildman–Crippen LogP) is 2.47. The number of hydrogen-bond acceptors (Lipinski definition) is 4. The number of anilines is 1. The van der Waals surface area contributed by atoms with Crippen LogP contribution in [0.25, 0.3) is 0 Å². The summed E-state index contributed by atoms with van der Waals surface area (Å²) in [7, 11) is -3.48. The molecule has 0 amide bonds. The zero-order valence-electron chi connectivity index (χ0n) is 11.7. The largest absolute Gasteiger partial charge is 0.468 e. The van der Waals surface area contributed by atoms with E-state index in [9.17, 15) is 13.2 Å². The van der Waals surface area contributed by atoms with E-state index >= 15 is 0 Å². The number of rotatable bonds is 7. The second-order valence-electron chi connectivity index (χ2n) is 4.93. The van der Waals surface area contributed by atoms with E-state index in [1.165, 1.54) is 0 Å². The zero-order valence-corrected chi connectivity index (χ0v) is 12.5. The van der Waals surface area contributed by atoms with Crippen molar-refractivity contribution in [2.24, 2.45) is 0 Å². The number of allylic oxidation sites excluding steroid dienone is 1. The normalized spacial score (nSPS) is 18.7. The third-order valence-electron chi connectivity index (χ3n) is 3.48. The van der Waals surface area contributed by atoms with Crippen molar-refractivity contribution in [3.05, 3.63) is 42.0 Å². The van der Waals surface area contributed by atoms with Gasteiger partial charge in [0.1, 0.15) is 5.25 Å². The molecule has 6 heteroatoms. The molecule has 1 N–H and O–H groups in total. The van der Waals surface area contributed by atoms with Crippen LogP contribution in [0, 0.1) is 0 Å². The number of carbonyl (C=O) groups excluding carboxylic acids is 1. The summed E-state index contributed by atoms with van der Waals surface area (Å²) >= 11 is 0. The first-order chi connectivity index (χ1) is 10.1. The Balaban J connectivity index is 2.11. The second kappa shape index (κ2) is 7.26. The van der Waals surface area contributed by atoms with E-state index < -0.39 is 15.3 Å². The quantitative estimate of drug-likeness (QED) is 0.477. The van der Waals surface area contributed by atoms with Crippen LogP contribution in [-0.2, 0) is 19.6 Å². The Kier molecular flexibility index (Phi) is 5.38. The molecule has 0 spiro atoms. The minimum atomic E-state index is -3.48. The monoisotopic (exact) mass is 309 g/mol. The number of ether oxygens (including phenoxy) is 1. The third kappa shape index (κ3) is 4.32. The summed E-state index contributed by atoms with van der Waals surface area (Å²) in [6.07, 6.45) is 4.72. The maximum absolute atomic E-state index is 12.5. The maximum atomic E-state index is 12.5. The van der Waals surface area contributed by atoms with E-state index in [0.29, 0.717) is 25.0 Å². The van der Waals surface area contributed by atoms with Crippen molar-refractivity contribution < 1.29 is 17.9 Å². The Morgan fingerprint density at radius 3 is 2.76 bits per heavy atom. The highest BCUT2D eigenvalue weighted by Gasteiger charge is 2.30. The summed E-state index contributed by atoms with van der Waals surface area (Å²) in [4.78, 5) is 10.2. The molecule has 5 nitrogen and oxygen atoms in total. The van der Waals surface area contributed by atoms with Gasteiger partial charge >= 0.3 is 0 Å². The van der Waals surface area contributed by atoms with Crippen LogP contribution in [0.1, 0.15) is 25.7 Å². The van der Waals surface area contributed by atoms with Crippen molar-refractivity contribution in [2.75, 3.05) is 11.3 Å². The Hall–Kier alpha value is -1.82. The number of carbonyl (C=O) groups is 1. The second-order valence-corrected chi connectivity index (χ2v) is 6.79. The van der Waals surface area contributed by atoms with Crippen LogP contribution >= 0.6 is 0 Å².